The van der Waals surface area contributed by atoms with Crippen LogP contribution in [0.15, 0.2) is 24.7 Å². The van der Waals surface area contributed by atoms with Crippen LogP contribution >= 0.6 is 0 Å². The molecule has 0 aliphatic heterocycles. The summed E-state index contributed by atoms with van der Waals surface area (Å²) >= 11 is 0. The first-order valence-corrected chi connectivity index (χ1v) is 2.12. The van der Waals surface area contributed by atoms with Crippen LogP contribution in [0.2, 0.25) is 0 Å². The maximum Gasteiger partial charge on any atom is 2.00 e. The topological polar surface area (TPSA) is 46.1 Å². The van der Waals surface area contributed by atoms with E-state index in [1.165, 1.54) is 13.8 Å². The minimum atomic E-state index is -0.0833. The molecule has 0 aromatic rings. The van der Waals surface area contributed by atoms with Crippen molar-refractivity contribution in [2.24, 2.45) is 0 Å². The van der Waals surface area contributed by atoms with E-state index in [1.807, 2.05) is 0 Å². The van der Waals surface area contributed by atoms with Crippen LogP contribution in [0.1, 0.15) is 13.8 Å². The van der Waals surface area contributed by atoms with E-state index in [0.29, 0.717) is 0 Å². The van der Waals surface area contributed by atoms with Crippen LogP contribution in [-0.2, 0) is 21.7 Å². The Morgan fingerprint density at radius 3 is 1.00 bits per heavy atom. The molecule has 0 amide bonds. The molecule has 0 radical (unpaired) electrons. The second kappa shape index (κ2) is 10.7. The summed E-state index contributed by atoms with van der Waals surface area (Å²) in [5.74, 6) is -0.167. The Kier molecular flexibility index (Phi) is 18.9. The first-order chi connectivity index (χ1) is 3.46. The van der Waals surface area contributed by atoms with Crippen molar-refractivity contribution in [2.75, 3.05) is 0 Å². The van der Waals surface area contributed by atoms with Gasteiger partial charge in [0, 0.05) is 0 Å². The molecule has 0 saturated heterocycles. The largest absolute Gasteiger partial charge is 2.00 e. The summed E-state index contributed by atoms with van der Waals surface area (Å²) < 4.78 is 0. The van der Waals surface area contributed by atoms with Crippen molar-refractivity contribution in [3.63, 3.8) is 0 Å². The van der Waals surface area contributed by atoms with Gasteiger partial charge in [0.2, 0.25) is 0 Å². The maximum atomic E-state index is 9.33. The van der Waals surface area contributed by atoms with Crippen LogP contribution in [-0.4, -0.2) is 0 Å². The molecule has 0 aromatic heterocycles. The van der Waals surface area contributed by atoms with E-state index in [0.717, 1.165) is 0 Å². The van der Waals surface area contributed by atoms with Crippen molar-refractivity contribution in [1.29, 1.82) is 0 Å². The Bertz CT molecular complexity index is 69.1. The van der Waals surface area contributed by atoms with Crippen LogP contribution in [0.3, 0.4) is 0 Å². The molecule has 0 atom stereocenters. The van der Waals surface area contributed by atoms with Gasteiger partial charge in [-0.15, -0.1) is 24.7 Å². The van der Waals surface area contributed by atoms with Crippen molar-refractivity contribution >= 4 is 0 Å². The first-order valence-electron chi connectivity index (χ1n) is 2.12. The molecule has 0 heterocycles. The molecule has 0 rings (SSSR count). The fourth-order valence-corrected chi connectivity index (χ4v) is 0. The van der Waals surface area contributed by atoms with E-state index >= 15 is 0 Å². The third-order valence-corrected chi connectivity index (χ3v) is 0. The van der Waals surface area contributed by atoms with Crippen molar-refractivity contribution in [3.05, 3.63) is 24.7 Å². The molecule has 2 nitrogen and oxygen atoms in total. The van der Waals surface area contributed by atoms with Crippen LogP contribution in [0.5, 0.6) is 0 Å². The number of hydrogen-bond donors (Lipinski definition) is 0. The van der Waals surface area contributed by atoms with Gasteiger partial charge >= 0.3 is 21.7 Å². The van der Waals surface area contributed by atoms with Gasteiger partial charge in [0.15, 0.2) is 0 Å². The molecule has 0 spiro atoms. The molecule has 0 unspecified atom stereocenters. The Hall–Kier alpha value is -0.206. The summed E-state index contributed by atoms with van der Waals surface area (Å²) in [6, 6.07) is 0. The van der Waals surface area contributed by atoms with E-state index in [1.54, 1.807) is 0 Å². The van der Waals surface area contributed by atoms with Gasteiger partial charge in [-0.25, -0.2) is 0 Å². The second-order valence-corrected chi connectivity index (χ2v) is 1.40. The average molecular weight is 162 g/mol. The zero-order valence-electron chi connectivity index (χ0n) is 5.73. The van der Waals surface area contributed by atoms with Crippen LogP contribution in [0.25, 0.3) is 0 Å². The fourth-order valence-electron chi connectivity index (χ4n) is 0. The monoisotopic (exact) mass is 162 g/mol. The molecule has 0 aromatic carbocycles. The van der Waals surface area contributed by atoms with E-state index in [4.69, 9.17) is 0 Å². The normalized spacial score (nSPS) is 5.56. The molecule has 50 valence electrons. The van der Waals surface area contributed by atoms with Crippen LogP contribution < -0.4 is 10.2 Å². The molecule has 0 aliphatic rings. The molecule has 0 saturated carbocycles. The van der Waals surface area contributed by atoms with Gasteiger partial charge in [0.05, 0.1) is 0 Å². The predicted octanol–water partition coefficient (Wildman–Crippen LogP) is -0.242. The molecule has 0 N–H and O–H groups in total. The minimum absolute atomic E-state index is 0. The molecule has 0 aliphatic carbocycles. The van der Waals surface area contributed by atoms with Crippen molar-refractivity contribution in [2.45, 2.75) is 13.8 Å². The average Bonchev–Trinajstić information content (AvgIpc) is 1.25. The molecular formula is C6H10O2Ti. The quantitative estimate of drug-likeness (QED) is 0.364. The molecule has 0 fully saturated rings. The van der Waals surface area contributed by atoms with Gasteiger partial charge in [0.25, 0.3) is 0 Å². The van der Waals surface area contributed by atoms with Crippen LogP contribution in [0.4, 0.5) is 0 Å². The van der Waals surface area contributed by atoms with Crippen molar-refractivity contribution in [3.8, 4) is 0 Å². The van der Waals surface area contributed by atoms with Gasteiger partial charge in [-0.3, -0.25) is 0 Å². The van der Waals surface area contributed by atoms with Gasteiger partial charge in [-0.1, -0.05) is 13.8 Å². The van der Waals surface area contributed by atoms with Gasteiger partial charge in [0.1, 0.15) is 0 Å². The zero-order valence-corrected chi connectivity index (χ0v) is 7.29. The van der Waals surface area contributed by atoms with E-state index in [9.17, 15) is 10.2 Å². The van der Waals surface area contributed by atoms with Gasteiger partial charge in [-0.05, 0) is 0 Å². The Balaban J connectivity index is -0.0000000720. The van der Waals surface area contributed by atoms with Gasteiger partial charge in [-0.2, -0.15) is 0 Å². The third-order valence-electron chi connectivity index (χ3n) is 0. The summed E-state index contributed by atoms with van der Waals surface area (Å²) in [5.41, 5.74) is 0. The van der Waals surface area contributed by atoms with E-state index in [-0.39, 0.29) is 33.2 Å². The van der Waals surface area contributed by atoms with Gasteiger partial charge < -0.3 is 10.2 Å². The summed E-state index contributed by atoms with van der Waals surface area (Å²) in [4.78, 5) is 0. The first kappa shape index (κ1) is 15.9. The summed E-state index contributed by atoms with van der Waals surface area (Å²) in [6.45, 7) is 8.83. The molecule has 0 bridgehead atoms. The van der Waals surface area contributed by atoms with E-state index < -0.39 is 0 Å². The number of hydrogen-bond acceptors (Lipinski definition) is 2. The fraction of sp³-hybridized carbons (Fsp3) is 0.333. The summed E-state index contributed by atoms with van der Waals surface area (Å²) in [6.07, 6.45) is 0. The third kappa shape index (κ3) is 6180. The Morgan fingerprint density at radius 2 is 1.00 bits per heavy atom. The summed E-state index contributed by atoms with van der Waals surface area (Å²) in [5, 5.41) is 18.7. The predicted molar refractivity (Wildman–Crippen MR) is 29.6 cm³/mol. The van der Waals surface area contributed by atoms with Crippen molar-refractivity contribution < 1.29 is 31.9 Å². The molecular weight excluding hydrogens is 152 g/mol. The maximum absolute atomic E-state index is 9.33. The van der Waals surface area contributed by atoms with Crippen molar-refractivity contribution in [1.82, 2.24) is 0 Å². The number of allylic oxidation sites excluding steroid dienone is 2. The SMILES string of the molecule is C=C(C)[O-].C=C(C)[O-].[Ti+2]. The smallest absolute Gasteiger partial charge is 0.876 e. The zero-order chi connectivity index (χ0) is 7.15. The second-order valence-electron chi connectivity index (χ2n) is 1.40. The standard InChI is InChI=1S/2C3H6O.Ti/c2*1-3(2)4;/h2*4H,1H2,2H3;/q;;+2/p-2. The molecule has 3 heteroatoms. The Labute approximate surface area is 70.8 Å². The Morgan fingerprint density at radius 1 is 1.00 bits per heavy atom. The minimum Gasteiger partial charge on any atom is -0.876 e. The van der Waals surface area contributed by atoms with Crippen LogP contribution in [0, 0.1) is 0 Å². The molecule has 9 heavy (non-hydrogen) atoms. The van der Waals surface area contributed by atoms with E-state index in [2.05, 4.69) is 13.2 Å². The number of rotatable bonds is 0. The summed E-state index contributed by atoms with van der Waals surface area (Å²) in [7, 11) is 0.